The van der Waals surface area contributed by atoms with E-state index in [1.807, 2.05) is 18.2 Å². The number of benzene rings is 1. The zero-order valence-electron chi connectivity index (χ0n) is 14.6. The van der Waals surface area contributed by atoms with Gasteiger partial charge in [0.05, 0.1) is 12.6 Å². The van der Waals surface area contributed by atoms with Gasteiger partial charge in [-0.2, -0.15) is 5.26 Å². The summed E-state index contributed by atoms with van der Waals surface area (Å²) >= 11 is 6.25. The molecule has 1 aliphatic carbocycles. The first kappa shape index (κ1) is 18.2. The molecule has 0 radical (unpaired) electrons. The quantitative estimate of drug-likeness (QED) is 0.496. The van der Waals surface area contributed by atoms with Gasteiger partial charge in [0.15, 0.2) is 0 Å². The Bertz CT molecular complexity index is 896. The Morgan fingerprint density at radius 2 is 2.12 bits per heavy atom. The molecule has 5 nitrogen and oxygen atoms in total. The van der Waals surface area contributed by atoms with E-state index in [4.69, 9.17) is 16.3 Å². The summed E-state index contributed by atoms with van der Waals surface area (Å²) in [6.45, 7) is 0. The Kier molecular flexibility index (Phi) is 5.75. The van der Waals surface area contributed by atoms with Gasteiger partial charge in [0.25, 0.3) is 5.91 Å². The predicted octanol–water partition coefficient (Wildman–Crippen LogP) is 4.25. The van der Waals surface area contributed by atoms with Crippen LogP contribution < -0.4 is 10.1 Å². The molecule has 0 spiro atoms. The second-order valence-corrected chi connectivity index (χ2v) is 6.76. The summed E-state index contributed by atoms with van der Waals surface area (Å²) in [6.07, 6.45) is 6.84. The minimum absolute atomic E-state index is 0.0292. The lowest BCUT2D eigenvalue weighted by atomic mass is 9.95. The van der Waals surface area contributed by atoms with E-state index in [0.717, 1.165) is 36.6 Å². The molecule has 1 heterocycles. The molecule has 1 saturated carbocycles. The number of nitrogens with zero attached hydrogens (tertiary/aromatic N) is 2. The molecule has 0 atom stereocenters. The molecule has 0 bridgehead atoms. The Hall–Kier alpha value is -2.58. The number of amides is 1. The van der Waals surface area contributed by atoms with E-state index in [0.29, 0.717) is 11.3 Å². The van der Waals surface area contributed by atoms with Crippen LogP contribution in [0.1, 0.15) is 37.7 Å². The van der Waals surface area contributed by atoms with Crippen molar-refractivity contribution in [2.75, 3.05) is 7.11 Å². The van der Waals surface area contributed by atoms with Gasteiger partial charge in [-0.25, -0.2) is 4.98 Å². The van der Waals surface area contributed by atoms with Crippen molar-refractivity contribution in [1.82, 2.24) is 10.3 Å². The van der Waals surface area contributed by atoms with Crippen LogP contribution in [0.4, 0.5) is 0 Å². The molecular weight excluding hydrogens is 350 g/mol. The minimum Gasteiger partial charge on any atom is -0.497 e. The second-order valence-electron chi connectivity index (χ2n) is 6.41. The number of nitriles is 1. The van der Waals surface area contributed by atoms with E-state index in [1.54, 1.807) is 19.2 Å². The standard InChI is InChI=1S/C20H20ClN3O2/c1-26-17-7-8-18-13(11-17)9-14(19(21)24-18)10-15(12-22)20(25)23-16-5-3-2-4-6-16/h7-11,16H,2-6H2,1H3,(H,23,25)/b15-10+. The van der Waals surface area contributed by atoms with Crippen molar-refractivity contribution in [3.63, 3.8) is 0 Å². The second kappa shape index (κ2) is 8.20. The number of carbonyl (C=O) groups is 1. The highest BCUT2D eigenvalue weighted by molar-refractivity contribution is 6.31. The van der Waals surface area contributed by atoms with Gasteiger partial charge in [0, 0.05) is 17.0 Å². The third-order valence-electron chi connectivity index (χ3n) is 4.61. The molecule has 1 N–H and O–H groups in total. The number of hydrogen-bond acceptors (Lipinski definition) is 4. The zero-order chi connectivity index (χ0) is 18.5. The van der Waals surface area contributed by atoms with Gasteiger partial charge < -0.3 is 10.1 Å². The van der Waals surface area contributed by atoms with Gasteiger partial charge in [-0.05, 0) is 43.2 Å². The van der Waals surface area contributed by atoms with Crippen molar-refractivity contribution in [3.05, 3.63) is 40.6 Å². The SMILES string of the molecule is COc1ccc2nc(Cl)c(/C=C(\C#N)C(=O)NC3CCCCC3)cc2c1. The van der Waals surface area contributed by atoms with Crippen LogP contribution in [0.15, 0.2) is 29.8 Å². The molecule has 1 aliphatic rings. The summed E-state index contributed by atoms with van der Waals surface area (Å²) in [5.74, 6) is 0.341. The number of halogens is 1. The Morgan fingerprint density at radius 1 is 1.35 bits per heavy atom. The van der Waals surface area contributed by atoms with Crippen molar-refractivity contribution in [1.29, 1.82) is 5.26 Å². The lowest BCUT2D eigenvalue weighted by molar-refractivity contribution is -0.117. The first-order chi connectivity index (χ1) is 12.6. The highest BCUT2D eigenvalue weighted by Crippen LogP contribution is 2.26. The number of rotatable bonds is 4. The summed E-state index contributed by atoms with van der Waals surface area (Å²) < 4.78 is 5.22. The molecule has 1 aromatic heterocycles. The summed E-state index contributed by atoms with van der Waals surface area (Å²) in [5, 5.41) is 13.4. The zero-order valence-corrected chi connectivity index (χ0v) is 15.3. The molecule has 0 saturated heterocycles. The van der Waals surface area contributed by atoms with E-state index in [2.05, 4.69) is 10.3 Å². The van der Waals surface area contributed by atoms with E-state index in [1.165, 1.54) is 12.5 Å². The molecule has 26 heavy (non-hydrogen) atoms. The molecule has 2 aromatic rings. The van der Waals surface area contributed by atoms with Crippen molar-refractivity contribution < 1.29 is 9.53 Å². The lowest BCUT2D eigenvalue weighted by Crippen LogP contribution is -2.36. The average Bonchev–Trinajstić information content (AvgIpc) is 2.66. The molecule has 1 fully saturated rings. The van der Waals surface area contributed by atoms with Crippen LogP contribution in [0.25, 0.3) is 17.0 Å². The van der Waals surface area contributed by atoms with Gasteiger partial charge in [0.2, 0.25) is 0 Å². The van der Waals surface area contributed by atoms with Gasteiger partial charge in [-0.15, -0.1) is 0 Å². The molecule has 0 unspecified atom stereocenters. The van der Waals surface area contributed by atoms with Crippen LogP contribution in [0.2, 0.25) is 5.15 Å². The Balaban J connectivity index is 1.88. The van der Waals surface area contributed by atoms with Crippen LogP contribution in [-0.4, -0.2) is 24.0 Å². The maximum atomic E-state index is 12.4. The molecule has 6 heteroatoms. The lowest BCUT2D eigenvalue weighted by Gasteiger charge is -2.22. The molecule has 1 aromatic carbocycles. The highest BCUT2D eigenvalue weighted by atomic mass is 35.5. The number of methoxy groups -OCH3 is 1. The first-order valence-electron chi connectivity index (χ1n) is 8.67. The Labute approximate surface area is 157 Å². The molecule has 1 amide bonds. The topological polar surface area (TPSA) is 75.0 Å². The highest BCUT2D eigenvalue weighted by Gasteiger charge is 2.18. The summed E-state index contributed by atoms with van der Waals surface area (Å²) in [4.78, 5) is 16.8. The fourth-order valence-corrected chi connectivity index (χ4v) is 3.39. The summed E-state index contributed by atoms with van der Waals surface area (Å²) in [7, 11) is 1.59. The molecular formula is C20H20ClN3O2. The number of ether oxygens (including phenoxy) is 1. The van der Waals surface area contributed by atoms with Crippen LogP contribution in [0, 0.1) is 11.3 Å². The van der Waals surface area contributed by atoms with Gasteiger partial charge >= 0.3 is 0 Å². The molecule has 0 aliphatic heterocycles. The first-order valence-corrected chi connectivity index (χ1v) is 9.05. The number of pyridine rings is 1. The van der Waals surface area contributed by atoms with Crippen molar-refractivity contribution in [2.24, 2.45) is 0 Å². The third-order valence-corrected chi connectivity index (χ3v) is 4.91. The number of hydrogen-bond donors (Lipinski definition) is 1. The fourth-order valence-electron chi connectivity index (χ4n) is 3.19. The van der Waals surface area contributed by atoms with Gasteiger partial charge in [0.1, 0.15) is 22.5 Å². The summed E-state index contributed by atoms with van der Waals surface area (Å²) in [6, 6.07) is 9.38. The smallest absolute Gasteiger partial charge is 0.262 e. The van der Waals surface area contributed by atoms with Gasteiger partial charge in [-0.3, -0.25) is 4.79 Å². The van der Waals surface area contributed by atoms with Crippen LogP contribution in [0.3, 0.4) is 0 Å². The van der Waals surface area contributed by atoms with Gasteiger partial charge in [-0.1, -0.05) is 30.9 Å². The van der Waals surface area contributed by atoms with E-state index < -0.39 is 0 Å². The number of carbonyl (C=O) groups excluding carboxylic acids is 1. The maximum absolute atomic E-state index is 12.4. The van der Waals surface area contributed by atoms with Crippen molar-refractivity contribution >= 4 is 34.5 Å². The van der Waals surface area contributed by atoms with E-state index in [-0.39, 0.29) is 22.7 Å². The van der Waals surface area contributed by atoms with Crippen LogP contribution >= 0.6 is 11.6 Å². The number of aromatic nitrogens is 1. The van der Waals surface area contributed by atoms with Crippen molar-refractivity contribution in [2.45, 2.75) is 38.1 Å². The van der Waals surface area contributed by atoms with Crippen molar-refractivity contribution in [3.8, 4) is 11.8 Å². The monoisotopic (exact) mass is 369 g/mol. The number of nitrogens with one attached hydrogen (secondary N) is 1. The third kappa shape index (κ3) is 4.14. The van der Waals surface area contributed by atoms with E-state index in [9.17, 15) is 10.1 Å². The fraction of sp³-hybridized carbons (Fsp3) is 0.350. The normalized spacial score (nSPS) is 15.5. The molecule has 134 valence electrons. The number of fused-ring (bicyclic) bond motifs is 1. The molecule has 3 rings (SSSR count). The predicted molar refractivity (Wildman–Crippen MR) is 102 cm³/mol. The largest absolute Gasteiger partial charge is 0.497 e. The van der Waals surface area contributed by atoms with Crippen LogP contribution in [-0.2, 0) is 4.79 Å². The Morgan fingerprint density at radius 3 is 2.81 bits per heavy atom. The maximum Gasteiger partial charge on any atom is 0.262 e. The minimum atomic E-state index is -0.360. The summed E-state index contributed by atoms with van der Waals surface area (Å²) in [5.41, 5.74) is 1.28. The average molecular weight is 370 g/mol. The van der Waals surface area contributed by atoms with Crippen LogP contribution in [0.5, 0.6) is 5.75 Å². The van der Waals surface area contributed by atoms with E-state index >= 15 is 0 Å².